The maximum atomic E-state index is 11.8. The van der Waals surface area contributed by atoms with E-state index in [-0.39, 0.29) is 5.91 Å². The molecule has 1 rings (SSSR count). The molecule has 1 aromatic heterocycles. The number of carbonyl (C=O) groups is 1. The van der Waals surface area contributed by atoms with Crippen LogP contribution in [0, 0.1) is 5.92 Å². The van der Waals surface area contributed by atoms with Gasteiger partial charge in [-0.2, -0.15) is 0 Å². The highest BCUT2D eigenvalue weighted by Gasteiger charge is 2.11. The van der Waals surface area contributed by atoms with E-state index < -0.39 is 0 Å². The molecule has 1 aromatic rings. The van der Waals surface area contributed by atoms with Crippen molar-refractivity contribution < 1.29 is 4.79 Å². The molecular formula is C13H22N2OS. The molecule has 0 aliphatic carbocycles. The highest BCUT2D eigenvalue weighted by Crippen LogP contribution is 2.18. The molecule has 0 radical (unpaired) electrons. The van der Waals surface area contributed by atoms with Crippen molar-refractivity contribution in [2.45, 2.75) is 46.5 Å². The second-order valence-corrected chi connectivity index (χ2v) is 5.91. The van der Waals surface area contributed by atoms with Gasteiger partial charge >= 0.3 is 0 Å². The van der Waals surface area contributed by atoms with Crippen molar-refractivity contribution >= 4 is 17.2 Å². The second kappa shape index (κ2) is 6.74. The monoisotopic (exact) mass is 254 g/mol. The first-order chi connectivity index (χ1) is 8.00. The Balaban J connectivity index is 2.36. The molecule has 4 heteroatoms. The zero-order valence-electron chi connectivity index (χ0n) is 11.1. The van der Waals surface area contributed by atoms with Crippen LogP contribution in [0.25, 0.3) is 0 Å². The molecule has 1 amide bonds. The summed E-state index contributed by atoms with van der Waals surface area (Å²) in [7, 11) is 0. The van der Waals surface area contributed by atoms with Crippen molar-refractivity contribution in [3.63, 3.8) is 0 Å². The van der Waals surface area contributed by atoms with E-state index in [2.05, 4.69) is 38.0 Å². The summed E-state index contributed by atoms with van der Waals surface area (Å²) in [5, 5.41) is 5.78. The molecule has 1 heterocycles. The zero-order chi connectivity index (χ0) is 12.8. The summed E-state index contributed by atoms with van der Waals surface area (Å²) in [4.78, 5) is 16.1. The lowest BCUT2D eigenvalue weighted by molar-refractivity contribution is 0.0948. The lowest BCUT2D eigenvalue weighted by atomic mass is 10.1. The first-order valence-electron chi connectivity index (χ1n) is 6.24. The maximum Gasteiger partial charge on any atom is 0.270 e. The van der Waals surface area contributed by atoms with E-state index in [1.54, 1.807) is 11.3 Å². The van der Waals surface area contributed by atoms with Crippen LogP contribution in [0.15, 0.2) is 5.38 Å². The number of hydrogen-bond acceptors (Lipinski definition) is 3. The lowest BCUT2D eigenvalue weighted by Crippen LogP contribution is -2.25. The highest BCUT2D eigenvalue weighted by molar-refractivity contribution is 7.09. The summed E-state index contributed by atoms with van der Waals surface area (Å²) < 4.78 is 0. The fraction of sp³-hybridized carbons (Fsp3) is 0.692. The second-order valence-electron chi connectivity index (χ2n) is 5.02. The lowest BCUT2D eigenvalue weighted by Gasteiger charge is -2.05. The van der Waals surface area contributed by atoms with Gasteiger partial charge < -0.3 is 5.32 Å². The summed E-state index contributed by atoms with van der Waals surface area (Å²) in [6.07, 6.45) is 2.18. The summed E-state index contributed by atoms with van der Waals surface area (Å²) in [5.74, 6) is 1.04. The number of thiazole rings is 1. The SMILES string of the molecule is CC(C)CCCNC(=O)c1csc(C(C)C)n1. The molecule has 3 nitrogen and oxygen atoms in total. The minimum atomic E-state index is -0.0445. The standard InChI is InChI=1S/C13H22N2OS/c1-9(2)6-5-7-14-12(16)11-8-17-13(15-11)10(3)4/h8-10H,5-7H2,1-4H3,(H,14,16). The molecule has 0 aromatic carbocycles. The Bertz CT molecular complexity index is 358. The van der Waals surface area contributed by atoms with E-state index in [0.717, 1.165) is 24.4 Å². The summed E-state index contributed by atoms with van der Waals surface area (Å²) in [5.41, 5.74) is 0.559. The molecule has 96 valence electrons. The van der Waals surface area contributed by atoms with Gasteiger partial charge in [0.25, 0.3) is 5.91 Å². The Morgan fingerprint density at radius 2 is 2.12 bits per heavy atom. The van der Waals surface area contributed by atoms with Crippen molar-refractivity contribution in [3.05, 3.63) is 16.1 Å². The molecule has 0 aliphatic rings. The third kappa shape index (κ3) is 4.86. The highest BCUT2D eigenvalue weighted by atomic mass is 32.1. The number of carbonyl (C=O) groups excluding carboxylic acids is 1. The van der Waals surface area contributed by atoms with E-state index in [0.29, 0.717) is 17.5 Å². The third-order valence-corrected chi connectivity index (χ3v) is 3.64. The number of amides is 1. The predicted molar refractivity (Wildman–Crippen MR) is 72.6 cm³/mol. The zero-order valence-corrected chi connectivity index (χ0v) is 11.9. The van der Waals surface area contributed by atoms with E-state index in [1.165, 1.54) is 0 Å². The Morgan fingerprint density at radius 3 is 2.65 bits per heavy atom. The average Bonchev–Trinajstić information content (AvgIpc) is 2.73. The normalized spacial score (nSPS) is 11.2. The predicted octanol–water partition coefficient (Wildman–Crippen LogP) is 3.43. The molecule has 0 unspecified atom stereocenters. The van der Waals surface area contributed by atoms with Crippen LogP contribution in [-0.2, 0) is 0 Å². The van der Waals surface area contributed by atoms with Gasteiger partial charge in [0.15, 0.2) is 0 Å². The van der Waals surface area contributed by atoms with Crippen LogP contribution in [-0.4, -0.2) is 17.4 Å². The van der Waals surface area contributed by atoms with Crippen LogP contribution < -0.4 is 5.32 Å². The Morgan fingerprint density at radius 1 is 1.41 bits per heavy atom. The van der Waals surface area contributed by atoms with Crippen LogP contribution in [0.1, 0.15) is 62.0 Å². The van der Waals surface area contributed by atoms with Gasteiger partial charge in [0.1, 0.15) is 5.69 Å². The molecule has 0 saturated carbocycles. The molecule has 0 aliphatic heterocycles. The molecule has 0 saturated heterocycles. The van der Waals surface area contributed by atoms with Gasteiger partial charge in [-0.15, -0.1) is 11.3 Å². The topological polar surface area (TPSA) is 42.0 Å². The number of rotatable bonds is 6. The van der Waals surface area contributed by atoms with Gasteiger partial charge in [0.2, 0.25) is 0 Å². The van der Waals surface area contributed by atoms with Crippen molar-refractivity contribution in [3.8, 4) is 0 Å². The summed E-state index contributed by atoms with van der Waals surface area (Å²) in [6.45, 7) is 9.30. The van der Waals surface area contributed by atoms with Gasteiger partial charge in [-0.05, 0) is 18.8 Å². The van der Waals surface area contributed by atoms with E-state index in [9.17, 15) is 4.79 Å². The first kappa shape index (κ1) is 14.2. The van der Waals surface area contributed by atoms with E-state index in [4.69, 9.17) is 0 Å². The maximum absolute atomic E-state index is 11.8. The fourth-order valence-electron chi connectivity index (χ4n) is 1.46. The van der Waals surface area contributed by atoms with Crippen molar-refractivity contribution in [1.82, 2.24) is 10.3 Å². The molecule has 0 spiro atoms. The van der Waals surface area contributed by atoms with Crippen LogP contribution in [0.5, 0.6) is 0 Å². The number of aromatic nitrogens is 1. The number of nitrogens with zero attached hydrogens (tertiary/aromatic N) is 1. The van der Waals surface area contributed by atoms with Gasteiger partial charge in [-0.1, -0.05) is 27.7 Å². The Kier molecular flexibility index (Phi) is 5.62. The van der Waals surface area contributed by atoms with Crippen molar-refractivity contribution in [1.29, 1.82) is 0 Å². The minimum Gasteiger partial charge on any atom is -0.351 e. The minimum absolute atomic E-state index is 0.0445. The Hall–Kier alpha value is -0.900. The number of hydrogen-bond donors (Lipinski definition) is 1. The van der Waals surface area contributed by atoms with Crippen molar-refractivity contribution in [2.24, 2.45) is 5.92 Å². The molecule has 0 fully saturated rings. The number of nitrogens with one attached hydrogen (secondary N) is 1. The van der Waals surface area contributed by atoms with Crippen LogP contribution in [0.2, 0.25) is 0 Å². The third-order valence-electron chi connectivity index (χ3n) is 2.49. The molecule has 1 N–H and O–H groups in total. The van der Waals surface area contributed by atoms with Crippen LogP contribution in [0.3, 0.4) is 0 Å². The van der Waals surface area contributed by atoms with Crippen molar-refractivity contribution in [2.75, 3.05) is 6.54 Å². The smallest absolute Gasteiger partial charge is 0.270 e. The van der Waals surface area contributed by atoms with Gasteiger partial charge in [0, 0.05) is 17.8 Å². The summed E-state index contributed by atoms with van der Waals surface area (Å²) >= 11 is 1.56. The Labute approximate surface area is 108 Å². The molecule has 17 heavy (non-hydrogen) atoms. The van der Waals surface area contributed by atoms with E-state index >= 15 is 0 Å². The van der Waals surface area contributed by atoms with Crippen LogP contribution >= 0.6 is 11.3 Å². The largest absolute Gasteiger partial charge is 0.351 e. The van der Waals surface area contributed by atoms with Gasteiger partial charge in [-0.3, -0.25) is 4.79 Å². The van der Waals surface area contributed by atoms with Crippen LogP contribution in [0.4, 0.5) is 0 Å². The fourth-order valence-corrected chi connectivity index (χ4v) is 2.28. The van der Waals surface area contributed by atoms with Gasteiger partial charge in [-0.25, -0.2) is 4.98 Å². The van der Waals surface area contributed by atoms with E-state index in [1.807, 2.05) is 5.38 Å². The molecule has 0 atom stereocenters. The summed E-state index contributed by atoms with van der Waals surface area (Å²) in [6, 6.07) is 0. The first-order valence-corrected chi connectivity index (χ1v) is 7.12. The quantitative estimate of drug-likeness (QED) is 0.790. The molecular weight excluding hydrogens is 232 g/mol. The average molecular weight is 254 g/mol. The van der Waals surface area contributed by atoms with Gasteiger partial charge in [0.05, 0.1) is 5.01 Å². The molecule has 0 bridgehead atoms.